The topological polar surface area (TPSA) is 29.3 Å². The monoisotopic (exact) mass is 480 g/mol. The van der Waals surface area contributed by atoms with Crippen molar-refractivity contribution in [3.05, 3.63) is 65.9 Å². The Hall–Kier alpha value is -1.96. The smallest absolute Gasteiger partial charge is 0.0366 e. The number of para-hydroxylation sites is 1. The Labute approximate surface area is 218 Å². The molecule has 0 spiro atoms. The summed E-state index contributed by atoms with van der Waals surface area (Å²) < 4.78 is 0. The summed E-state index contributed by atoms with van der Waals surface area (Å²) in [4.78, 5) is 2.51. The average Bonchev–Trinajstić information content (AvgIpc) is 2.86. The van der Waals surface area contributed by atoms with E-state index in [4.69, 9.17) is 5.73 Å². The van der Waals surface area contributed by atoms with Crippen LogP contribution in [0.25, 0.3) is 0 Å². The lowest BCUT2D eigenvalue weighted by molar-refractivity contribution is 0.302. The number of allylic oxidation sites excluding steroid dienone is 5. The van der Waals surface area contributed by atoms with Gasteiger partial charge in [-0.05, 0) is 86.8 Å². The molecule has 1 aromatic carbocycles. The van der Waals surface area contributed by atoms with Gasteiger partial charge in [-0.15, -0.1) is 0 Å². The number of nitrogens with zero attached hydrogens (tertiary/aromatic N) is 1. The Bertz CT molecular complexity index is 763. The number of fused-ring (bicyclic) bond motifs is 1. The van der Waals surface area contributed by atoms with Crippen molar-refractivity contribution < 1.29 is 0 Å². The molecular formula is C33H56N2. The van der Waals surface area contributed by atoms with Gasteiger partial charge in [0.05, 0.1) is 0 Å². The van der Waals surface area contributed by atoms with Gasteiger partial charge >= 0.3 is 0 Å². The number of rotatable bonds is 3. The van der Waals surface area contributed by atoms with Gasteiger partial charge in [0.15, 0.2) is 0 Å². The summed E-state index contributed by atoms with van der Waals surface area (Å²) in [7, 11) is 0. The summed E-state index contributed by atoms with van der Waals surface area (Å²) in [5.74, 6) is 2.43. The standard InChI is InChI=1S/C16H23N.C11H17N.C4H10.C2H6/c1-3-7-14(2)15-10-12-17(13-11-15)16-8-5-4-6-9-16;1-11-6-3-2-4-9(11)8-10(12)5-7-11;1-4(2)3;1-2/h3-9,14-15H,10-13H2,1-2H3;5,8H,2-4,6-7,12H2,1H3;4H,1-3H3;1-2H3/b7-3-;;;. The molecular weight excluding hydrogens is 424 g/mol. The highest BCUT2D eigenvalue weighted by atomic mass is 15.1. The van der Waals surface area contributed by atoms with Gasteiger partial charge in [-0.3, -0.25) is 0 Å². The average molecular weight is 481 g/mol. The van der Waals surface area contributed by atoms with Crippen LogP contribution in [0.4, 0.5) is 5.69 Å². The molecule has 2 N–H and O–H groups in total. The lowest BCUT2D eigenvalue weighted by Gasteiger charge is -2.38. The van der Waals surface area contributed by atoms with Gasteiger partial charge in [-0.1, -0.05) is 96.9 Å². The van der Waals surface area contributed by atoms with Crippen LogP contribution in [0.3, 0.4) is 0 Å². The largest absolute Gasteiger partial charge is 0.399 e. The number of nitrogens with two attached hydrogens (primary N) is 1. The summed E-state index contributed by atoms with van der Waals surface area (Å²) >= 11 is 0. The third-order valence-electron chi connectivity index (χ3n) is 7.23. The second-order valence-corrected chi connectivity index (χ2v) is 11.1. The molecule has 2 atom stereocenters. The van der Waals surface area contributed by atoms with Gasteiger partial charge < -0.3 is 10.6 Å². The van der Waals surface area contributed by atoms with E-state index in [1.165, 1.54) is 57.3 Å². The van der Waals surface area contributed by atoms with Crippen LogP contribution in [0.15, 0.2) is 65.9 Å². The van der Waals surface area contributed by atoms with Crippen molar-refractivity contribution in [3.8, 4) is 0 Å². The maximum Gasteiger partial charge on any atom is 0.0366 e. The number of hydrogen-bond acceptors (Lipinski definition) is 2. The van der Waals surface area contributed by atoms with Crippen LogP contribution in [0.5, 0.6) is 0 Å². The molecule has 2 nitrogen and oxygen atoms in total. The lowest BCUT2D eigenvalue weighted by Crippen LogP contribution is -2.35. The fourth-order valence-corrected chi connectivity index (χ4v) is 5.16. The zero-order chi connectivity index (χ0) is 26.3. The summed E-state index contributed by atoms with van der Waals surface area (Å²) in [6.45, 7) is 19.8. The maximum absolute atomic E-state index is 5.79. The minimum absolute atomic E-state index is 0.459. The summed E-state index contributed by atoms with van der Waals surface area (Å²) in [6, 6.07) is 10.8. The van der Waals surface area contributed by atoms with Gasteiger partial charge in [0, 0.05) is 24.5 Å². The van der Waals surface area contributed by atoms with E-state index in [1.807, 2.05) is 13.8 Å². The van der Waals surface area contributed by atoms with Gasteiger partial charge in [-0.25, -0.2) is 0 Å². The Morgan fingerprint density at radius 3 is 2.17 bits per heavy atom. The van der Waals surface area contributed by atoms with E-state index in [0.717, 1.165) is 29.9 Å². The molecule has 0 radical (unpaired) electrons. The molecule has 2 fully saturated rings. The first kappa shape index (κ1) is 31.1. The SMILES string of the molecule is C/C=C\C(C)C1CCN(c2ccccc2)CC1.CC.CC(C)C.CC12CC=C(N)C=C1CCCC2. The van der Waals surface area contributed by atoms with Crippen molar-refractivity contribution in [3.63, 3.8) is 0 Å². The first-order chi connectivity index (χ1) is 16.7. The Morgan fingerprint density at radius 2 is 1.60 bits per heavy atom. The highest BCUT2D eigenvalue weighted by Crippen LogP contribution is 2.45. The highest BCUT2D eigenvalue weighted by molar-refractivity contribution is 5.46. The quantitative estimate of drug-likeness (QED) is 0.436. The molecule has 3 aliphatic rings. The molecule has 198 valence electrons. The molecule has 1 aliphatic heterocycles. The second kappa shape index (κ2) is 16.7. The molecule has 2 unspecified atom stereocenters. The van der Waals surface area contributed by atoms with E-state index < -0.39 is 0 Å². The van der Waals surface area contributed by atoms with Gasteiger partial charge in [0.25, 0.3) is 0 Å². The fourth-order valence-electron chi connectivity index (χ4n) is 5.16. The molecule has 0 bridgehead atoms. The van der Waals surface area contributed by atoms with E-state index in [2.05, 4.69) is 101 Å². The normalized spacial score (nSPS) is 22.8. The van der Waals surface area contributed by atoms with Crippen molar-refractivity contribution in [2.24, 2.45) is 28.9 Å². The predicted octanol–water partition coefficient (Wildman–Crippen LogP) is 9.54. The van der Waals surface area contributed by atoms with Crippen LogP contribution < -0.4 is 10.6 Å². The van der Waals surface area contributed by atoms with Gasteiger partial charge in [-0.2, -0.15) is 0 Å². The van der Waals surface area contributed by atoms with E-state index >= 15 is 0 Å². The van der Waals surface area contributed by atoms with Crippen LogP contribution in [-0.4, -0.2) is 13.1 Å². The molecule has 1 saturated carbocycles. The number of anilines is 1. The molecule has 1 saturated heterocycles. The minimum atomic E-state index is 0.459. The molecule has 4 rings (SSSR count). The zero-order valence-corrected chi connectivity index (χ0v) is 24.3. The van der Waals surface area contributed by atoms with Crippen LogP contribution in [0.2, 0.25) is 0 Å². The summed E-state index contributed by atoms with van der Waals surface area (Å²) in [5.41, 5.74) is 10.2. The van der Waals surface area contributed by atoms with Gasteiger partial charge in [0.2, 0.25) is 0 Å². The molecule has 0 aromatic heterocycles. The maximum atomic E-state index is 5.79. The van der Waals surface area contributed by atoms with Crippen molar-refractivity contribution in [2.75, 3.05) is 18.0 Å². The number of piperidine rings is 1. The fraction of sp³-hybridized carbons (Fsp3) is 0.636. The van der Waals surface area contributed by atoms with E-state index in [0.29, 0.717) is 5.41 Å². The Kier molecular flexibility index (Phi) is 14.8. The zero-order valence-electron chi connectivity index (χ0n) is 24.3. The Morgan fingerprint density at radius 1 is 1.00 bits per heavy atom. The molecule has 2 aliphatic carbocycles. The third kappa shape index (κ3) is 11.1. The van der Waals surface area contributed by atoms with Crippen molar-refractivity contribution in [1.82, 2.24) is 0 Å². The molecule has 2 heteroatoms. The predicted molar refractivity (Wildman–Crippen MR) is 159 cm³/mol. The minimum Gasteiger partial charge on any atom is -0.399 e. The lowest BCUT2D eigenvalue weighted by atomic mass is 9.67. The third-order valence-corrected chi connectivity index (χ3v) is 7.23. The van der Waals surface area contributed by atoms with Gasteiger partial charge in [0.1, 0.15) is 0 Å². The summed E-state index contributed by atoms with van der Waals surface area (Å²) in [6.07, 6.45) is 18.1. The van der Waals surface area contributed by atoms with E-state index in [1.54, 1.807) is 5.57 Å². The Balaban J connectivity index is 0.000000296. The first-order valence-corrected chi connectivity index (χ1v) is 14.3. The molecule has 1 aromatic rings. The number of benzene rings is 1. The van der Waals surface area contributed by atoms with Crippen LogP contribution in [-0.2, 0) is 0 Å². The van der Waals surface area contributed by atoms with Crippen molar-refractivity contribution in [1.29, 1.82) is 0 Å². The molecule has 35 heavy (non-hydrogen) atoms. The highest BCUT2D eigenvalue weighted by Gasteiger charge is 2.32. The van der Waals surface area contributed by atoms with Crippen LogP contribution in [0.1, 0.15) is 100 Å². The van der Waals surface area contributed by atoms with Crippen LogP contribution in [0, 0.1) is 23.2 Å². The second-order valence-electron chi connectivity index (χ2n) is 11.1. The van der Waals surface area contributed by atoms with Crippen molar-refractivity contribution in [2.45, 2.75) is 100 Å². The van der Waals surface area contributed by atoms with E-state index in [9.17, 15) is 0 Å². The van der Waals surface area contributed by atoms with Crippen LogP contribution >= 0.6 is 0 Å². The molecule has 1 heterocycles. The van der Waals surface area contributed by atoms with E-state index in [-0.39, 0.29) is 0 Å². The summed E-state index contributed by atoms with van der Waals surface area (Å²) in [5, 5.41) is 0. The first-order valence-electron chi connectivity index (χ1n) is 14.3. The molecule has 0 amide bonds. The number of hydrogen-bond donors (Lipinski definition) is 1. The van der Waals surface area contributed by atoms with Crippen molar-refractivity contribution >= 4 is 5.69 Å².